The van der Waals surface area contributed by atoms with Crippen molar-refractivity contribution in [2.45, 2.75) is 25.8 Å². The summed E-state index contributed by atoms with van der Waals surface area (Å²) in [7, 11) is 2.04. The zero-order valence-corrected chi connectivity index (χ0v) is 11.3. The fourth-order valence-corrected chi connectivity index (χ4v) is 2.69. The first-order chi connectivity index (χ1) is 8.85. The minimum atomic E-state index is 0.398. The number of ether oxygens (including phenoxy) is 2. The third kappa shape index (κ3) is 3.24. The van der Waals surface area contributed by atoms with Crippen LogP contribution in [0.3, 0.4) is 0 Å². The fraction of sp³-hybridized carbons (Fsp3) is 0.600. The molecule has 1 N–H and O–H groups in total. The molecule has 3 heteroatoms. The van der Waals surface area contributed by atoms with Gasteiger partial charge in [0.25, 0.3) is 0 Å². The van der Waals surface area contributed by atoms with E-state index < -0.39 is 0 Å². The zero-order chi connectivity index (χ0) is 12.8. The largest absolute Gasteiger partial charge is 0.494 e. The molecular formula is C15H23NO2. The highest BCUT2D eigenvalue weighted by Gasteiger charge is 2.24. The van der Waals surface area contributed by atoms with Gasteiger partial charge in [0.1, 0.15) is 5.75 Å². The molecule has 0 bridgehead atoms. The van der Waals surface area contributed by atoms with Gasteiger partial charge in [-0.25, -0.2) is 0 Å². The molecule has 0 amide bonds. The summed E-state index contributed by atoms with van der Waals surface area (Å²) >= 11 is 0. The van der Waals surface area contributed by atoms with Gasteiger partial charge < -0.3 is 14.8 Å². The molecule has 0 radical (unpaired) electrons. The molecule has 1 aromatic carbocycles. The zero-order valence-electron chi connectivity index (χ0n) is 11.3. The molecule has 1 aliphatic rings. The predicted molar refractivity (Wildman–Crippen MR) is 73.0 cm³/mol. The van der Waals surface area contributed by atoms with E-state index in [4.69, 9.17) is 9.47 Å². The molecule has 1 aliphatic heterocycles. The quantitative estimate of drug-likeness (QED) is 0.870. The SMILES string of the molecule is CCOc1cccc(C(NC)C2CCOCC2)c1. The van der Waals surface area contributed by atoms with Crippen LogP contribution in [0.25, 0.3) is 0 Å². The molecule has 1 heterocycles. The minimum absolute atomic E-state index is 0.398. The van der Waals surface area contributed by atoms with Gasteiger partial charge in [-0.3, -0.25) is 0 Å². The van der Waals surface area contributed by atoms with E-state index in [-0.39, 0.29) is 0 Å². The van der Waals surface area contributed by atoms with E-state index in [1.165, 1.54) is 5.56 Å². The van der Waals surface area contributed by atoms with Gasteiger partial charge in [-0.05, 0) is 50.4 Å². The molecule has 0 aliphatic carbocycles. The Kier molecular flexibility index (Phi) is 5.02. The van der Waals surface area contributed by atoms with E-state index in [0.29, 0.717) is 18.6 Å². The van der Waals surface area contributed by atoms with Crippen LogP contribution in [0.1, 0.15) is 31.4 Å². The van der Waals surface area contributed by atoms with Crippen molar-refractivity contribution in [1.29, 1.82) is 0 Å². The van der Waals surface area contributed by atoms with Crippen LogP contribution in [0, 0.1) is 5.92 Å². The highest BCUT2D eigenvalue weighted by atomic mass is 16.5. The predicted octanol–water partition coefficient (Wildman–Crippen LogP) is 2.77. The number of nitrogens with one attached hydrogen (secondary N) is 1. The van der Waals surface area contributed by atoms with E-state index in [1.807, 2.05) is 20.0 Å². The van der Waals surface area contributed by atoms with Gasteiger partial charge in [0.05, 0.1) is 6.61 Å². The van der Waals surface area contributed by atoms with Crippen molar-refractivity contribution in [3.05, 3.63) is 29.8 Å². The number of hydrogen-bond donors (Lipinski definition) is 1. The lowest BCUT2D eigenvalue weighted by Gasteiger charge is -2.30. The first-order valence-corrected chi connectivity index (χ1v) is 6.83. The molecule has 1 fully saturated rings. The van der Waals surface area contributed by atoms with E-state index >= 15 is 0 Å². The van der Waals surface area contributed by atoms with Crippen LogP contribution in [0.15, 0.2) is 24.3 Å². The van der Waals surface area contributed by atoms with Crippen LogP contribution in [-0.4, -0.2) is 26.9 Å². The Balaban J connectivity index is 2.12. The van der Waals surface area contributed by atoms with Gasteiger partial charge in [0.2, 0.25) is 0 Å². The molecule has 0 spiro atoms. The van der Waals surface area contributed by atoms with Crippen molar-refractivity contribution >= 4 is 0 Å². The third-order valence-corrected chi connectivity index (χ3v) is 3.58. The molecule has 0 saturated carbocycles. The van der Waals surface area contributed by atoms with Crippen LogP contribution in [0.5, 0.6) is 5.75 Å². The monoisotopic (exact) mass is 249 g/mol. The van der Waals surface area contributed by atoms with Gasteiger partial charge in [0, 0.05) is 19.3 Å². The molecule has 1 atom stereocenters. The van der Waals surface area contributed by atoms with Gasteiger partial charge in [-0.15, -0.1) is 0 Å². The molecule has 1 unspecified atom stereocenters. The van der Waals surface area contributed by atoms with E-state index in [2.05, 4.69) is 23.5 Å². The first-order valence-electron chi connectivity index (χ1n) is 6.83. The molecule has 18 heavy (non-hydrogen) atoms. The number of hydrogen-bond acceptors (Lipinski definition) is 3. The van der Waals surface area contributed by atoms with Crippen molar-refractivity contribution in [1.82, 2.24) is 5.32 Å². The Bertz CT molecular complexity index is 361. The smallest absolute Gasteiger partial charge is 0.119 e. The van der Waals surface area contributed by atoms with E-state index in [0.717, 1.165) is 31.8 Å². The second-order valence-corrected chi connectivity index (χ2v) is 4.72. The highest BCUT2D eigenvalue weighted by Crippen LogP contribution is 2.31. The van der Waals surface area contributed by atoms with Gasteiger partial charge in [-0.2, -0.15) is 0 Å². The van der Waals surface area contributed by atoms with Gasteiger partial charge in [0.15, 0.2) is 0 Å². The molecule has 1 saturated heterocycles. The van der Waals surface area contributed by atoms with Crippen LogP contribution >= 0.6 is 0 Å². The number of benzene rings is 1. The van der Waals surface area contributed by atoms with Gasteiger partial charge in [-0.1, -0.05) is 12.1 Å². The summed E-state index contributed by atoms with van der Waals surface area (Å²) in [5, 5.41) is 3.45. The van der Waals surface area contributed by atoms with Crippen molar-refractivity contribution in [3.63, 3.8) is 0 Å². The Morgan fingerprint density at radius 3 is 2.83 bits per heavy atom. The normalized spacial score (nSPS) is 18.6. The molecule has 100 valence electrons. The van der Waals surface area contributed by atoms with Crippen LogP contribution in [0.2, 0.25) is 0 Å². The summed E-state index contributed by atoms with van der Waals surface area (Å²) in [5.41, 5.74) is 1.32. The summed E-state index contributed by atoms with van der Waals surface area (Å²) in [4.78, 5) is 0. The molecule has 2 rings (SSSR count). The maximum Gasteiger partial charge on any atom is 0.119 e. The fourth-order valence-electron chi connectivity index (χ4n) is 2.69. The van der Waals surface area contributed by atoms with Crippen molar-refractivity contribution in [2.24, 2.45) is 5.92 Å². The highest BCUT2D eigenvalue weighted by molar-refractivity contribution is 5.31. The molecule has 1 aromatic rings. The average molecular weight is 249 g/mol. The van der Waals surface area contributed by atoms with Crippen LogP contribution in [0.4, 0.5) is 0 Å². The average Bonchev–Trinajstić information content (AvgIpc) is 2.42. The summed E-state index contributed by atoms with van der Waals surface area (Å²) in [6, 6.07) is 8.82. The Labute approximate surface area is 109 Å². The summed E-state index contributed by atoms with van der Waals surface area (Å²) in [5.74, 6) is 1.61. The maximum absolute atomic E-state index is 5.58. The molecule has 0 aromatic heterocycles. The van der Waals surface area contributed by atoms with E-state index in [9.17, 15) is 0 Å². The van der Waals surface area contributed by atoms with Crippen molar-refractivity contribution in [2.75, 3.05) is 26.9 Å². The Morgan fingerprint density at radius 1 is 1.39 bits per heavy atom. The number of rotatable bonds is 5. The topological polar surface area (TPSA) is 30.5 Å². The first kappa shape index (κ1) is 13.4. The summed E-state index contributed by atoms with van der Waals surface area (Å²) < 4.78 is 11.0. The molecular weight excluding hydrogens is 226 g/mol. The summed E-state index contributed by atoms with van der Waals surface area (Å²) in [6.07, 6.45) is 2.26. The van der Waals surface area contributed by atoms with E-state index in [1.54, 1.807) is 0 Å². The maximum atomic E-state index is 5.58. The lowest BCUT2D eigenvalue weighted by atomic mass is 9.87. The Morgan fingerprint density at radius 2 is 2.17 bits per heavy atom. The minimum Gasteiger partial charge on any atom is -0.494 e. The third-order valence-electron chi connectivity index (χ3n) is 3.58. The molecule has 3 nitrogen and oxygen atoms in total. The standard InChI is InChI=1S/C15H23NO2/c1-3-18-14-6-4-5-13(11-14)15(16-2)12-7-9-17-10-8-12/h4-6,11-12,15-16H,3,7-10H2,1-2H3. The van der Waals surface area contributed by atoms with Crippen LogP contribution in [-0.2, 0) is 4.74 Å². The lowest BCUT2D eigenvalue weighted by molar-refractivity contribution is 0.0546. The second kappa shape index (κ2) is 6.76. The van der Waals surface area contributed by atoms with Crippen molar-refractivity contribution in [3.8, 4) is 5.75 Å². The second-order valence-electron chi connectivity index (χ2n) is 4.72. The lowest BCUT2D eigenvalue weighted by Crippen LogP contribution is -2.29. The van der Waals surface area contributed by atoms with Gasteiger partial charge >= 0.3 is 0 Å². The summed E-state index contributed by atoms with van der Waals surface area (Å²) in [6.45, 7) is 4.49. The van der Waals surface area contributed by atoms with Crippen molar-refractivity contribution < 1.29 is 9.47 Å². The van der Waals surface area contributed by atoms with Crippen LogP contribution < -0.4 is 10.1 Å². The Hall–Kier alpha value is -1.06.